The van der Waals surface area contributed by atoms with E-state index in [0.717, 1.165) is 11.6 Å². The summed E-state index contributed by atoms with van der Waals surface area (Å²) in [5, 5.41) is 4.05. The van der Waals surface area contributed by atoms with E-state index in [9.17, 15) is 0 Å². The minimum Gasteiger partial charge on any atom is -0.376 e. The monoisotopic (exact) mass is 101 g/mol. The Kier molecular flexibility index (Phi) is 0.804. The molecule has 0 saturated carbocycles. The Morgan fingerprint density at radius 2 is 2.33 bits per heavy atom. The first-order valence-corrected chi connectivity index (χ1v) is 2.38. The zero-order valence-corrected chi connectivity index (χ0v) is 4.55. The Balaban J connectivity index is 2.66. The normalized spacial score (nSPS) is 19.7. The number of hydrogen-bond donors (Lipinski definition) is 2. The summed E-state index contributed by atoms with van der Waals surface area (Å²) in [6, 6.07) is 0. The van der Waals surface area contributed by atoms with Crippen LogP contribution in [0.25, 0.3) is 0 Å². The molecule has 1 aliphatic heterocycles. The van der Waals surface area contributed by atoms with E-state index in [-0.39, 0.29) is 0 Å². The van der Waals surface area contributed by atoms with Gasteiger partial charge in [0.15, 0.2) is 0 Å². The van der Waals surface area contributed by atoms with Crippen LogP contribution in [0.15, 0.2) is 10.6 Å². The van der Waals surface area contributed by atoms with Gasteiger partial charge in [0.2, 0.25) is 0 Å². The zero-order chi connectivity index (χ0) is 4.57. The lowest BCUT2D eigenvalue weighted by Crippen LogP contribution is -2.24. The molecule has 0 spiro atoms. The molecule has 0 fully saturated rings. The van der Waals surface area contributed by atoms with E-state index in [1.807, 2.05) is 0 Å². The molecule has 0 aromatic heterocycles. The van der Waals surface area contributed by atoms with Gasteiger partial charge in [0.05, 0.1) is 5.03 Å². The van der Waals surface area contributed by atoms with Gasteiger partial charge < -0.3 is 5.32 Å². The second-order valence-electron chi connectivity index (χ2n) is 1.48. The van der Waals surface area contributed by atoms with Crippen molar-refractivity contribution in [1.82, 2.24) is 5.32 Å². The van der Waals surface area contributed by atoms with Crippen molar-refractivity contribution in [3.8, 4) is 0 Å². The highest BCUT2D eigenvalue weighted by atomic mass is 32.1. The Hall–Kier alpha value is -0.110. The molecule has 0 radical (unpaired) electrons. The van der Waals surface area contributed by atoms with Crippen LogP contribution in [0, 0.1) is 0 Å². The lowest BCUT2D eigenvalue weighted by molar-refractivity contribution is 0.815. The maximum absolute atomic E-state index is 4.05. The highest BCUT2D eigenvalue weighted by molar-refractivity contribution is 7.84. The molecule has 1 heterocycles. The molecule has 0 atom stereocenters. The SMILES string of the molecule is CC1=C(S)NC1. The van der Waals surface area contributed by atoms with Gasteiger partial charge in [0, 0.05) is 6.54 Å². The van der Waals surface area contributed by atoms with Crippen molar-refractivity contribution in [2.75, 3.05) is 6.54 Å². The van der Waals surface area contributed by atoms with Gasteiger partial charge >= 0.3 is 0 Å². The molecule has 6 heavy (non-hydrogen) atoms. The molecule has 34 valence electrons. The fraction of sp³-hybridized carbons (Fsp3) is 0.500. The molecule has 0 aliphatic carbocycles. The molecule has 1 N–H and O–H groups in total. The first kappa shape index (κ1) is 4.06. The topological polar surface area (TPSA) is 12.0 Å². The smallest absolute Gasteiger partial charge is 0.0659 e. The summed E-state index contributed by atoms with van der Waals surface area (Å²) in [7, 11) is 0. The van der Waals surface area contributed by atoms with Crippen LogP contribution in [0.2, 0.25) is 0 Å². The maximum Gasteiger partial charge on any atom is 0.0659 e. The zero-order valence-electron chi connectivity index (χ0n) is 3.65. The average molecular weight is 101 g/mol. The fourth-order valence-electron chi connectivity index (χ4n) is 0.344. The van der Waals surface area contributed by atoms with Crippen molar-refractivity contribution in [3.05, 3.63) is 10.6 Å². The lowest BCUT2D eigenvalue weighted by Gasteiger charge is -2.17. The molecular formula is C4H7NS. The summed E-state index contributed by atoms with van der Waals surface area (Å²) in [5.74, 6) is 0. The summed E-state index contributed by atoms with van der Waals surface area (Å²) in [4.78, 5) is 0. The van der Waals surface area contributed by atoms with Crippen molar-refractivity contribution in [3.63, 3.8) is 0 Å². The molecule has 2 heteroatoms. The molecule has 0 bridgehead atoms. The molecule has 0 aromatic rings. The van der Waals surface area contributed by atoms with Crippen LogP contribution >= 0.6 is 12.6 Å². The highest BCUT2D eigenvalue weighted by Crippen LogP contribution is 2.11. The Bertz CT molecular complexity index is 83.7. The van der Waals surface area contributed by atoms with Gasteiger partial charge in [-0.3, -0.25) is 0 Å². The van der Waals surface area contributed by atoms with E-state index in [0.29, 0.717) is 0 Å². The Labute approximate surface area is 42.8 Å². The first-order valence-electron chi connectivity index (χ1n) is 1.93. The van der Waals surface area contributed by atoms with Crippen molar-refractivity contribution in [2.24, 2.45) is 0 Å². The van der Waals surface area contributed by atoms with E-state index >= 15 is 0 Å². The number of rotatable bonds is 0. The van der Waals surface area contributed by atoms with Gasteiger partial charge in [-0.05, 0) is 12.5 Å². The molecule has 1 nitrogen and oxygen atoms in total. The summed E-state index contributed by atoms with van der Waals surface area (Å²) >= 11 is 4.05. The van der Waals surface area contributed by atoms with E-state index in [2.05, 4.69) is 24.9 Å². The van der Waals surface area contributed by atoms with Crippen molar-refractivity contribution in [2.45, 2.75) is 6.92 Å². The highest BCUT2D eigenvalue weighted by Gasteiger charge is 2.04. The first-order chi connectivity index (χ1) is 2.80. The molecule has 0 unspecified atom stereocenters. The third-order valence-electron chi connectivity index (χ3n) is 0.925. The summed E-state index contributed by atoms with van der Waals surface area (Å²) in [6.45, 7) is 3.09. The largest absolute Gasteiger partial charge is 0.376 e. The standard InChI is InChI=1S/C4H7NS/c1-3-2-5-4(3)6/h5-6H,2H2,1H3. The van der Waals surface area contributed by atoms with E-state index in [4.69, 9.17) is 0 Å². The molecule has 0 amide bonds. The summed E-state index contributed by atoms with van der Waals surface area (Å²) in [6.07, 6.45) is 0. The van der Waals surface area contributed by atoms with Crippen molar-refractivity contribution < 1.29 is 0 Å². The fourth-order valence-corrected chi connectivity index (χ4v) is 0.502. The minimum absolute atomic E-state index is 1.03. The van der Waals surface area contributed by atoms with Gasteiger partial charge in [-0.1, -0.05) is 0 Å². The third-order valence-corrected chi connectivity index (χ3v) is 1.47. The second-order valence-corrected chi connectivity index (χ2v) is 1.93. The van der Waals surface area contributed by atoms with E-state index in [1.54, 1.807) is 0 Å². The number of nitrogens with one attached hydrogen (secondary N) is 1. The van der Waals surface area contributed by atoms with Crippen LogP contribution in [0.1, 0.15) is 6.92 Å². The lowest BCUT2D eigenvalue weighted by atomic mass is 10.2. The van der Waals surface area contributed by atoms with Gasteiger partial charge in [-0.25, -0.2) is 0 Å². The van der Waals surface area contributed by atoms with Crippen LogP contribution in [-0.4, -0.2) is 6.54 Å². The number of hydrogen-bond acceptors (Lipinski definition) is 2. The van der Waals surface area contributed by atoms with Crippen LogP contribution in [0.5, 0.6) is 0 Å². The Morgan fingerprint density at radius 3 is 2.33 bits per heavy atom. The number of thiol groups is 1. The Morgan fingerprint density at radius 1 is 1.83 bits per heavy atom. The average Bonchev–Trinajstić information content (AvgIpc) is 1.61. The van der Waals surface area contributed by atoms with Gasteiger partial charge in [-0.2, -0.15) is 0 Å². The summed E-state index contributed by atoms with van der Waals surface area (Å²) < 4.78 is 0. The third kappa shape index (κ3) is 0.411. The van der Waals surface area contributed by atoms with Crippen LogP contribution in [0.3, 0.4) is 0 Å². The predicted molar refractivity (Wildman–Crippen MR) is 29.7 cm³/mol. The van der Waals surface area contributed by atoms with E-state index < -0.39 is 0 Å². The van der Waals surface area contributed by atoms with Crippen LogP contribution in [0.4, 0.5) is 0 Å². The summed E-state index contributed by atoms with van der Waals surface area (Å²) in [5.41, 5.74) is 1.36. The van der Waals surface area contributed by atoms with E-state index in [1.165, 1.54) is 5.57 Å². The second kappa shape index (κ2) is 1.19. The molecule has 1 aliphatic rings. The van der Waals surface area contributed by atoms with Gasteiger partial charge in [-0.15, -0.1) is 12.6 Å². The molecule has 0 saturated heterocycles. The van der Waals surface area contributed by atoms with Crippen molar-refractivity contribution >= 4 is 12.6 Å². The molecular weight excluding hydrogens is 94.1 g/mol. The molecule has 0 aromatic carbocycles. The van der Waals surface area contributed by atoms with Crippen LogP contribution < -0.4 is 5.32 Å². The maximum atomic E-state index is 4.05. The molecule has 1 rings (SSSR count). The quantitative estimate of drug-likeness (QED) is 0.429. The van der Waals surface area contributed by atoms with Gasteiger partial charge in [0.1, 0.15) is 0 Å². The van der Waals surface area contributed by atoms with Gasteiger partial charge in [0.25, 0.3) is 0 Å². The van der Waals surface area contributed by atoms with Crippen LogP contribution in [-0.2, 0) is 0 Å². The minimum atomic E-state index is 1.03. The van der Waals surface area contributed by atoms with Crippen molar-refractivity contribution in [1.29, 1.82) is 0 Å². The predicted octanol–water partition coefficient (Wildman–Crippen LogP) is 0.751.